The fraction of sp³-hybridized carbons (Fsp3) is 0.258. The molecule has 8 heteroatoms. The van der Waals surface area contributed by atoms with Crippen molar-refractivity contribution in [1.82, 2.24) is 10.7 Å². The standard InChI is InChI=1S/C31H35N3O5/c1-6-8-26-17-24(18-28(38-7-2)29(26)39-20-23-11-9-21(3)10-12-23)19-32-34-30(35)22(4)33-31(36)25-13-15-27(37-5)16-14-25/h6,9-19,22H,1,7-8,20H2,2-5H3,(H,33,36)(H,34,35). The third kappa shape index (κ3) is 8.46. The summed E-state index contributed by atoms with van der Waals surface area (Å²) in [5.41, 5.74) is 6.73. The lowest BCUT2D eigenvalue weighted by Crippen LogP contribution is -2.43. The average molecular weight is 530 g/mol. The number of benzene rings is 3. The van der Waals surface area contributed by atoms with Crippen LogP contribution in [0.25, 0.3) is 0 Å². The van der Waals surface area contributed by atoms with Gasteiger partial charge in [-0.3, -0.25) is 9.59 Å². The minimum atomic E-state index is -0.801. The Hall–Kier alpha value is -4.59. The van der Waals surface area contributed by atoms with Gasteiger partial charge in [-0.25, -0.2) is 5.43 Å². The zero-order valence-electron chi connectivity index (χ0n) is 22.8. The number of methoxy groups -OCH3 is 1. The van der Waals surface area contributed by atoms with Gasteiger partial charge in [0.15, 0.2) is 11.5 Å². The molecule has 0 saturated heterocycles. The highest BCUT2D eigenvalue weighted by atomic mass is 16.5. The minimum absolute atomic E-state index is 0.374. The lowest BCUT2D eigenvalue weighted by molar-refractivity contribution is -0.122. The normalized spacial score (nSPS) is 11.5. The van der Waals surface area contributed by atoms with E-state index in [9.17, 15) is 9.59 Å². The van der Waals surface area contributed by atoms with Gasteiger partial charge in [0.1, 0.15) is 18.4 Å². The van der Waals surface area contributed by atoms with Gasteiger partial charge in [0.25, 0.3) is 11.8 Å². The van der Waals surface area contributed by atoms with Gasteiger partial charge in [0.05, 0.1) is 19.9 Å². The number of carbonyl (C=O) groups excluding carboxylic acids is 2. The van der Waals surface area contributed by atoms with E-state index in [2.05, 4.69) is 22.4 Å². The third-order valence-electron chi connectivity index (χ3n) is 5.80. The molecule has 2 amide bonds. The van der Waals surface area contributed by atoms with E-state index < -0.39 is 11.9 Å². The Kier molecular flexibility index (Phi) is 10.7. The highest BCUT2D eigenvalue weighted by molar-refractivity contribution is 5.97. The molecule has 2 N–H and O–H groups in total. The molecule has 204 valence electrons. The van der Waals surface area contributed by atoms with Gasteiger partial charge < -0.3 is 19.5 Å². The molecule has 0 heterocycles. The molecule has 0 saturated carbocycles. The second kappa shape index (κ2) is 14.4. The number of hydrazone groups is 1. The molecule has 1 atom stereocenters. The second-order valence-electron chi connectivity index (χ2n) is 8.87. The van der Waals surface area contributed by atoms with E-state index in [0.29, 0.717) is 48.0 Å². The third-order valence-corrected chi connectivity index (χ3v) is 5.80. The van der Waals surface area contributed by atoms with E-state index in [1.54, 1.807) is 44.4 Å². The molecule has 0 aliphatic heterocycles. The summed E-state index contributed by atoms with van der Waals surface area (Å²) in [6.45, 7) is 10.2. The van der Waals surface area contributed by atoms with Crippen LogP contribution in [0.2, 0.25) is 0 Å². The zero-order chi connectivity index (χ0) is 28.2. The van der Waals surface area contributed by atoms with Gasteiger partial charge in [-0.15, -0.1) is 6.58 Å². The van der Waals surface area contributed by atoms with Crippen LogP contribution in [0, 0.1) is 6.92 Å². The number of aryl methyl sites for hydroxylation is 1. The van der Waals surface area contributed by atoms with Crippen LogP contribution in [-0.4, -0.2) is 37.8 Å². The van der Waals surface area contributed by atoms with Gasteiger partial charge in [0.2, 0.25) is 0 Å². The van der Waals surface area contributed by atoms with Gasteiger partial charge >= 0.3 is 0 Å². The molecule has 3 aromatic rings. The van der Waals surface area contributed by atoms with Gasteiger partial charge in [-0.1, -0.05) is 35.9 Å². The predicted molar refractivity (Wildman–Crippen MR) is 153 cm³/mol. The molecule has 39 heavy (non-hydrogen) atoms. The largest absolute Gasteiger partial charge is 0.497 e. The predicted octanol–water partition coefficient (Wildman–Crippen LogP) is 4.98. The van der Waals surface area contributed by atoms with Crippen molar-refractivity contribution in [2.24, 2.45) is 5.10 Å². The van der Waals surface area contributed by atoms with E-state index >= 15 is 0 Å². The van der Waals surface area contributed by atoms with Crippen molar-refractivity contribution in [3.8, 4) is 17.2 Å². The quantitative estimate of drug-likeness (QED) is 0.185. The Labute approximate surface area is 229 Å². The van der Waals surface area contributed by atoms with Gasteiger partial charge in [0, 0.05) is 11.1 Å². The molecule has 0 aliphatic rings. The van der Waals surface area contributed by atoms with Gasteiger partial charge in [-0.05, 0) is 74.7 Å². The van der Waals surface area contributed by atoms with Crippen LogP contribution in [0.5, 0.6) is 17.2 Å². The SMILES string of the molecule is C=CCc1cc(C=NNC(=O)C(C)NC(=O)c2ccc(OC)cc2)cc(OCC)c1OCc1ccc(C)cc1. The molecule has 0 spiro atoms. The summed E-state index contributed by atoms with van der Waals surface area (Å²) < 4.78 is 17.2. The minimum Gasteiger partial charge on any atom is -0.497 e. The number of carbonyl (C=O) groups is 2. The fourth-order valence-corrected chi connectivity index (χ4v) is 3.69. The number of ether oxygens (including phenoxy) is 3. The topological polar surface area (TPSA) is 98.3 Å². The summed E-state index contributed by atoms with van der Waals surface area (Å²) in [5, 5.41) is 6.74. The van der Waals surface area contributed by atoms with Crippen LogP contribution in [0.1, 0.15) is 46.5 Å². The van der Waals surface area contributed by atoms with Crippen molar-refractivity contribution in [3.63, 3.8) is 0 Å². The van der Waals surface area contributed by atoms with Crippen LogP contribution in [0.3, 0.4) is 0 Å². The lowest BCUT2D eigenvalue weighted by atomic mass is 10.1. The Bertz CT molecular complexity index is 1300. The fourth-order valence-electron chi connectivity index (χ4n) is 3.69. The maximum absolute atomic E-state index is 12.5. The molecule has 0 aromatic heterocycles. The summed E-state index contributed by atoms with van der Waals surface area (Å²) in [4.78, 5) is 25.0. The molecule has 1 unspecified atom stereocenters. The molecular weight excluding hydrogens is 494 g/mol. The Balaban J connectivity index is 1.68. The van der Waals surface area contributed by atoms with E-state index in [4.69, 9.17) is 14.2 Å². The Morgan fingerprint density at radius 1 is 1.05 bits per heavy atom. The summed E-state index contributed by atoms with van der Waals surface area (Å²) in [5.74, 6) is 1.04. The lowest BCUT2D eigenvalue weighted by Gasteiger charge is -2.17. The Morgan fingerprint density at radius 3 is 2.41 bits per heavy atom. The number of nitrogens with zero attached hydrogens (tertiary/aromatic N) is 1. The van der Waals surface area contributed by atoms with Crippen LogP contribution in [0.15, 0.2) is 78.4 Å². The second-order valence-corrected chi connectivity index (χ2v) is 8.87. The van der Waals surface area contributed by atoms with Crippen molar-refractivity contribution in [1.29, 1.82) is 0 Å². The van der Waals surface area contributed by atoms with Crippen molar-refractivity contribution < 1.29 is 23.8 Å². The molecule has 0 radical (unpaired) electrons. The van der Waals surface area contributed by atoms with E-state index in [-0.39, 0.29) is 5.91 Å². The summed E-state index contributed by atoms with van der Waals surface area (Å²) in [7, 11) is 1.55. The van der Waals surface area contributed by atoms with Crippen molar-refractivity contribution in [3.05, 3.63) is 101 Å². The van der Waals surface area contributed by atoms with Crippen LogP contribution in [0.4, 0.5) is 0 Å². The zero-order valence-corrected chi connectivity index (χ0v) is 22.8. The molecule has 0 bridgehead atoms. The van der Waals surface area contributed by atoms with E-state index in [1.807, 2.05) is 50.2 Å². The monoisotopic (exact) mass is 529 g/mol. The maximum atomic E-state index is 12.5. The number of rotatable bonds is 13. The number of hydrogen-bond donors (Lipinski definition) is 2. The van der Waals surface area contributed by atoms with E-state index in [1.165, 1.54) is 11.8 Å². The molecule has 0 aliphatic carbocycles. The highest BCUT2D eigenvalue weighted by Gasteiger charge is 2.17. The molecule has 3 aromatic carbocycles. The Morgan fingerprint density at radius 2 is 1.77 bits per heavy atom. The molecule has 0 fully saturated rings. The van der Waals surface area contributed by atoms with Crippen LogP contribution in [-0.2, 0) is 17.8 Å². The van der Waals surface area contributed by atoms with Gasteiger partial charge in [-0.2, -0.15) is 5.10 Å². The van der Waals surface area contributed by atoms with Crippen molar-refractivity contribution in [2.45, 2.75) is 39.8 Å². The molecule has 8 nitrogen and oxygen atoms in total. The summed E-state index contributed by atoms with van der Waals surface area (Å²) in [6.07, 6.45) is 3.88. The summed E-state index contributed by atoms with van der Waals surface area (Å²) in [6, 6.07) is 17.7. The van der Waals surface area contributed by atoms with Crippen LogP contribution < -0.4 is 25.0 Å². The van der Waals surface area contributed by atoms with Crippen LogP contribution >= 0.6 is 0 Å². The number of allylic oxidation sites excluding steroid dienone is 1. The first-order chi connectivity index (χ1) is 18.8. The highest BCUT2D eigenvalue weighted by Crippen LogP contribution is 2.34. The first kappa shape index (κ1) is 29.0. The molecular formula is C31H35N3O5. The summed E-state index contributed by atoms with van der Waals surface area (Å²) >= 11 is 0. The van der Waals surface area contributed by atoms with Crippen molar-refractivity contribution in [2.75, 3.05) is 13.7 Å². The van der Waals surface area contributed by atoms with E-state index in [0.717, 1.165) is 11.1 Å². The number of amides is 2. The smallest absolute Gasteiger partial charge is 0.262 e. The van der Waals surface area contributed by atoms with Crippen molar-refractivity contribution >= 4 is 18.0 Å². The first-order valence-corrected chi connectivity index (χ1v) is 12.7. The molecule has 3 rings (SSSR count). The average Bonchev–Trinajstić information content (AvgIpc) is 2.93. The number of nitrogens with one attached hydrogen (secondary N) is 2. The maximum Gasteiger partial charge on any atom is 0.262 e. The first-order valence-electron chi connectivity index (χ1n) is 12.7. The number of hydrogen-bond acceptors (Lipinski definition) is 6.